The number of amides is 1. The maximum atomic E-state index is 11.7. The Balaban J connectivity index is 2.01. The van der Waals surface area contributed by atoms with E-state index in [0.29, 0.717) is 17.6 Å². The number of hydrogen-bond donors (Lipinski definition) is 1. The number of aromatic nitrogens is 2. The quantitative estimate of drug-likeness (QED) is 0.893. The molecule has 1 aromatic rings. The summed E-state index contributed by atoms with van der Waals surface area (Å²) in [5, 5.41) is 11.2. The molecule has 2 atom stereocenters. The van der Waals surface area contributed by atoms with Gasteiger partial charge in [-0.15, -0.1) is 10.2 Å². The molecule has 0 aromatic carbocycles. The average molecular weight is 278 g/mol. The molecule has 0 saturated heterocycles. The molecule has 1 saturated carbocycles. The minimum atomic E-state index is -0.158. The van der Waals surface area contributed by atoms with Crippen LogP contribution in [0.4, 0.5) is 0 Å². The number of ether oxygens (including phenoxy) is 1. The normalized spacial score (nSPS) is 22.4. The standard InChI is InChI=1S/C14H22N4O2/c1-15-10-6-4-5-7-12(10)20-13-9-8-11(16-17-13)14(19)18(2)3/h8-10,12,15H,4-7H2,1-3H3. The molecule has 20 heavy (non-hydrogen) atoms. The first kappa shape index (κ1) is 14.7. The summed E-state index contributed by atoms with van der Waals surface area (Å²) in [5.74, 6) is 0.322. The molecule has 1 aliphatic carbocycles. The van der Waals surface area contributed by atoms with Crippen LogP contribution in [0.15, 0.2) is 12.1 Å². The topological polar surface area (TPSA) is 67.3 Å². The summed E-state index contributed by atoms with van der Waals surface area (Å²) in [6, 6.07) is 3.72. The van der Waals surface area contributed by atoms with E-state index in [-0.39, 0.29) is 12.0 Å². The predicted molar refractivity (Wildman–Crippen MR) is 75.8 cm³/mol. The molecule has 1 fully saturated rings. The van der Waals surface area contributed by atoms with Gasteiger partial charge in [0.1, 0.15) is 6.10 Å². The number of hydrogen-bond acceptors (Lipinski definition) is 5. The molecular formula is C14H22N4O2. The van der Waals surface area contributed by atoms with Crippen LogP contribution in [0.5, 0.6) is 5.88 Å². The molecule has 0 radical (unpaired) electrons. The minimum Gasteiger partial charge on any atom is -0.472 e. The van der Waals surface area contributed by atoms with Crippen LogP contribution in [-0.4, -0.2) is 54.3 Å². The van der Waals surface area contributed by atoms with Gasteiger partial charge in [0.25, 0.3) is 5.91 Å². The van der Waals surface area contributed by atoms with Gasteiger partial charge in [-0.05, 0) is 32.4 Å². The molecule has 0 bridgehead atoms. The van der Waals surface area contributed by atoms with Crippen LogP contribution in [0.3, 0.4) is 0 Å². The van der Waals surface area contributed by atoms with E-state index in [1.54, 1.807) is 26.2 Å². The third-order valence-electron chi connectivity index (χ3n) is 3.61. The Labute approximate surface area is 119 Å². The van der Waals surface area contributed by atoms with Gasteiger partial charge in [-0.1, -0.05) is 6.42 Å². The number of nitrogens with zero attached hydrogens (tertiary/aromatic N) is 3. The second kappa shape index (κ2) is 6.65. The lowest BCUT2D eigenvalue weighted by atomic mass is 9.92. The summed E-state index contributed by atoms with van der Waals surface area (Å²) in [7, 11) is 5.33. The summed E-state index contributed by atoms with van der Waals surface area (Å²) in [6.45, 7) is 0. The molecule has 0 aliphatic heterocycles. The molecule has 1 aliphatic rings. The Bertz CT molecular complexity index is 447. The van der Waals surface area contributed by atoms with Gasteiger partial charge in [0.2, 0.25) is 5.88 Å². The average Bonchev–Trinajstić information content (AvgIpc) is 2.48. The zero-order valence-electron chi connectivity index (χ0n) is 12.3. The summed E-state index contributed by atoms with van der Waals surface area (Å²) < 4.78 is 5.89. The molecule has 6 nitrogen and oxygen atoms in total. The van der Waals surface area contributed by atoms with Gasteiger partial charge in [0.15, 0.2) is 5.69 Å². The number of rotatable bonds is 4. The first-order valence-electron chi connectivity index (χ1n) is 7.01. The van der Waals surface area contributed by atoms with E-state index in [9.17, 15) is 4.79 Å². The van der Waals surface area contributed by atoms with Crippen LogP contribution in [-0.2, 0) is 0 Å². The second-order valence-corrected chi connectivity index (χ2v) is 5.29. The number of nitrogens with one attached hydrogen (secondary N) is 1. The SMILES string of the molecule is CNC1CCCCC1Oc1ccc(C(=O)N(C)C)nn1. The number of likely N-dealkylation sites (N-methyl/N-ethyl adjacent to an activating group) is 1. The third kappa shape index (κ3) is 3.45. The first-order chi connectivity index (χ1) is 9.61. The van der Waals surface area contributed by atoms with Gasteiger partial charge in [-0.25, -0.2) is 0 Å². The van der Waals surface area contributed by atoms with Crippen LogP contribution in [0.2, 0.25) is 0 Å². The lowest BCUT2D eigenvalue weighted by molar-refractivity contribution is 0.0819. The van der Waals surface area contributed by atoms with Gasteiger partial charge < -0.3 is 15.0 Å². The smallest absolute Gasteiger partial charge is 0.273 e. The van der Waals surface area contributed by atoms with E-state index in [0.717, 1.165) is 12.8 Å². The molecule has 2 unspecified atom stereocenters. The van der Waals surface area contributed by atoms with Crippen molar-refractivity contribution in [1.82, 2.24) is 20.4 Å². The van der Waals surface area contributed by atoms with Crippen LogP contribution in [0.25, 0.3) is 0 Å². The van der Waals surface area contributed by atoms with Crippen LogP contribution < -0.4 is 10.1 Å². The number of carbonyl (C=O) groups excluding carboxylic acids is 1. The molecule has 0 spiro atoms. The molecular weight excluding hydrogens is 256 g/mol. The molecule has 110 valence electrons. The van der Waals surface area contributed by atoms with Crippen molar-refractivity contribution >= 4 is 5.91 Å². The molecule has 6 heteroatoms. The highest BCUT2D eigenvalue weighted by atomic mass is 16.5. The van der Waals surface area contributed by atoms with E-state index >= 15 is 0 Å². The third-order valence-corrected chi connectivity index (χ3v) is 3.61. The first-order valence-corrected chi connectivity index (χ1v) is 7.01. The lowest BCUT2D eigenvalue weighted by Gasteiger charge is -2.31. The zero-order chi connectivity index (χ0) is 14.5. The molecule has 1 aromatic heterocycles. The van der Waals surface area contributed by atoms with Crippen molar-refractivity contribution in [2.45, 2.75) is 37.8 Å². The zero-order valence-corrected chi connectivity index (χ0v) is 12.3. The van der Waals surface area contributed by atoms with Crippen molar-refractivity contribution in [2.24, 2.45) is 0 Å². The van der Waals surface area contributed by atoms with E-state index < -0.39 is 0 Å². The van der Waals surface area contributed by atoms with Crippen LogP contribution in [0.1, 0.15) is 36.2 Å². The fourth-order valence-electron chi connectivity index (χ4n) is 2.45. The largest absolute Gasteiger partial charge is 0.472 e. The van der Waals surface area contributed by atoms with Gasteiger partial charge in [-0.2, -0.15) is 0 Å². The van der Waals surface area contributed by atoms with Gasteiger partial charge in [-0.3, -0.25) is 4.79 Å². The fourth-order valence-corrected chi connectivity index (χ4v) is 2.45. The highest BCUT2D eigenvalue weighted by Gasteiger charge is 2.25. The van der Waals surface area contributed by atoms with Crippen LogP contribution >= 0.6 is 0 Å². The second-order valence-electron chi connectivity index (χ2n) is 5.29. The van der Waals surface area contributed by atoms with Gasteiger partial charge >= 0.3 is 0 Å². The lowest BCUT2D eigenvalue weighted by Crippen LogP contribution is -2.43. The molecule has 1 amide bonds. The Hall–Kier alpha value is -1.69. The Morgan fingerprint density at radius 2 is 2.05 bits per heavy atom. The van der Waals surface area contributed by atoms with E-state index in [2.05, 4.69) is 15.5 Å². The molecule has 2 rings (SSSR count). The Morgan fingerprint density at radius 3 is 2.65 bits per heavy atom. The maximum Gasteiger partial charge on any atom is 0.273 e. The summed E-state index contributed by atoms with van der Waals surface area (Å²) in [4.78, 5) is 13.2. The Morgan fingerprint density at radius 1 is 1.30 bits per heavy atom. The van der Waals surface area contributed by atoms with Crippen molar-refractivity contribution in [3.8, 4) is 5.88 Å². The molecule has 1 heterocycles. The van der Waals surface area contributed by atoms with Crippen LogP contribution in [0, 0.1) is 0 Å². The van der Waals surface area contributed by atoms with E-state index in [1.165, 1.54) is 17.7 Å². The van der Waals surface area contributed by atoms with Gasteiger partial charge in [0, 0.05) is 26.2 Å². The highest BCUT2D eigenvalue weighted by Crippen LogP contribution is 2.22. The monoisotopic (exact) mass is 278 g/mol. The van der Waals surface area contributed by atoms with Crippen molar-refractivity contribution < 1.29 is 9.53 Å². The highest BCUT2D eigenvalue weighted by molar-refractivity contribution is 5.91. The number of carbonyl (C=O) groups is 1. The van der Waals surface area contributed by atoms with Crippen molar-refractivity contribution in [3.63, 3.8) is 0 Å². The predicted octanol–water partition coefficient (Wildman–Crippen LogP) is 1.09. The van der Waals surface area contributed by atoms with Crippen molar-refractivity contribution in [1.29, 1.82) is 0 Å². The summed E-state index contributed by atoms with van der Waals surface area (Å²) in [5.41, 5.74) is 0.330. The summed E-state index contributed by atoms with van der Waals surface area (Å²) in [6.07, 6.45) is 4.66. The van der Waals surface area contributed by atoms with E-state index in [1.807, 2.05) is 7.05 Å². The Kier molecular flexibility index (Phi) is 4.89. The van der Waals surface area contributed by atoms with E-state index in [4.69, 9.17) is 4.74 Å². The maximum absolute atomic E-state index is 11.7. The summed E-state index contributed by atoms with van der Waals surface area (Å²) >= 11 is 0. The van der Waals surface area contributed by atoms with Crippen molar-refractivity contribution in [3.05, 3.63) is 17.8 Å². The minimum absolute atomic E-state index is 0.124. The van der Waals surface area contributed by atoms with Crippen molar-refractivity contribution in [2.75, 3.05) is 21.1 Å². The molecule has 1 N–H and O–H groups in total. The fraction of sp³-hybridized carbons (Fsp3) is 0.643. The van der Waals surface area contributed by atoms with Gasteiger partial charge in [0.05, 0.1) is 0 Å².